The van der Waals surface area contributed by atoms with Crippen LogP contribution in [0.1, 0.15) is 51.9 Å². The Balaban J connectivity index is 2.66. The van der Waals surface area contributed by atoms with E-state index in [2.05, 4.69) is 125 Å². The van der Waals surface area contributed by atoms with Crippen LogP contribution in [0.2, 0.25) is 142 Å². The molecule has 3 aliphatic heterocycles. The third-order valence-electron chi connectivity index (χ3n) is 10.5. The van der Waals surface area contributed by atoms with Gasteiger partial charge >= 0.3 is 14.5 Å². The van der Waals surface area contributed by atoms with Crippen LogP contribution in [0.3, 0.4) is 0 Å². The summed E-state index contributed by atoms with van der Waals surface area (Å²) in [5.41, 5.74) is 0.652. The van der Waals surface area contributed by atoms with Gasteiger partial charge in [-0.2, -0.15) is 0 Å². The lowest BCUT2D eigenvalue weighted by molar-refractivity contribution is -0.135. The van der Waals surface area contributed by atoms with Gasteiger partial charge in [-0.05, 0) is 166 Å². The molecule has 0 radical (unpaired) electrons. The number of carbonyl (C=O) groups is 1. The van der Waals surface area contributed by atoms with Crippen molar-refractivity contribution in [2.75, 3.05) is 19.8 Å². The Bertz CT molecular complexity index is 1300. The summed E-state index contributed by atoms with van der Waals surface area (Å²) >= 11 is 0. The summed E-state index contributed by atoms with van der Waals surface area (Å²) in [5, 5.41) is 0. The Morgan fingerprint density at radius 3 is 1.08 bits per heavy atom. The van der Waals surface area contributed by atoms with Gasteiger partial charge in [0.1, 0.15) is 0 Å². The molecule has 0 bridgehead atoms. The van der Waals surface area contributed by atoms with E-state index < -0.39 is 92.8 Å². The molecular formula is C39H90O11Si10. The SMILES string of the molecule is CCC([SiH3])C(C(=O)O[Si]1(C(O[Si](C)(C)C)O[Si](C)(C)C)CCCCO1)=C([Si]1(C(O[Si](C)(C)C)O[Si](C)(C)C)CCCCO1)[Si]1(C(O[Si](C)(C)C)O[Si](C)(C)C)CCCCO1. The highest BCUT2D eigenvalue weighted by molar-refractivity contribution is 7.04. The lowest BCUT2D eigenvalue weighted by atomic mass is 10.1. The van der Waals surface area contributed by atoms with Crippen LogP contribution < -0.4 is 0 Å². The molecule has 0 aromatic rings. The highest BCUT2D eigenvalue weighted by atomic mass is 28.4. The number of hydrogen-bond acceptors (Lipinski definition) is 11. The van der Waals surface area contributed by atoms with Crippen LogP contribution in [-0.2, 0) is 49.1 Å². The summed E-state index contributed by atoms with van der Waals surface area (Å²) < 4.78 is 72.8. The minimum absolute atomic E-state index is 0.0694. The van der Waals surface area contributed by atoms with Crippen LogP contribution in [0.5, 0.6) is 0 Å². The second-order valence-corrected chi connectivity index (χ2v) is 62.2. The zero-order valence-electron chi connectivity index (χ0n) is 42.0. The van der Waals surface area contributed by atoms with Gasteiger partial charge in [0, 0.05) is 41.7 Å². The van der Waals surface area contributed by atoms with E-state index in [0.29, 0.717) is 36.1 Å². The number of hydrogen-bond donors (Lipinski definition) is 0. The standard InChI is InChI=1S/C39H90O11Si10/c1-20-33(51)34(35(40)44-60(32-26-23-29-43-60)39(49-56(14,15)16)50-57(17,18)19)36(58(30-24-21-27-41-58)37(45-52(2,3)4)46-53(5,6)7)59(31-25-22-28-42-59)38(47-54(8,9)10)48-55(11,12)13/h33,37-39H,20-32H2,1-19,51H3. The Kier molecular flexibility index (Phi) is 19.7. The van der Waals surface area contributed by atoms with E-state index in [4.69, 9.17) is 44.3 Å². The van der Waals surface area contributed by atoms with Crippen molar-refractivity contribution in [2.45, 2.75) is 211 Å². The van der Waals surface area contributed by atoms with E-state index in [1.165, 1.54) is 0 Å². The maximum Gasteiger partial charge on any atom is 0.457 e. The molecule has 3 fully saturated rings. The van der Waals surface area contributed by atoms with E-state index >= 15 is 4.79 Å². The normalized spacial score (nSPS) is 26.2. The summed E-state index contributed by atoms with van der Waals surface area (Å²) in [6, 6.07) is 2.15. The fourth-order valence-electron chi connectivity index (χ4n) is 8.08. The molecule has 0 N–H and O–H groups in total. The first-order valence-electron chi connectivity index (χ1n) is 23.1. The maximum absolute atomic E-state index is 16.3. The molecule has 0 aliphatic carbocycles. The van der Waals surface area contributed by atoms with Crippen molar-refractivity contribution in [3.05, 3.63) is 10.4 Å². The van der Waals surface area contributed by atoms with Crippen molar-refractivity contribution in [2.24, 2.45) is 0 Å². The molecule has 4 unspecified atom stereocenters. The van der Waals surface area contributed by atoms with Gasteiger partial charge in [-0.25, -0.2) is 4.79 Å². The number of rotatable bonds is 21. The molecule has 3 heterocycles. The molecule has 60 heavy (non-hydrogen) atoms. The molecule has 0 aromatic heterocycles. The van der Waals surface area contributed by atoms with Crippen molar-refractivity contribution < 1.29 is 49.1 Å². The third kappa shape index (κ3) is 16.4. The van der Waals surface area contributed by atoms with E-state index in [-0.39, 0.29) is 11.5 Å². The van der Waals surface area contributed by atoms with Gasteiger partial charge in [0.25, 0.3) is 16.6 Å². The first-order chi connectivity index (χ1) is 27.2. The van der Waals surface area contributed by atoms with E-state index in [1.54, 1.807) is 0 Å². The van der Waals surface area contributed by atoms with E-state index in [9.17, 15) is 0 Å². The van der Waals surface area contributed by atoms with Gasteiger partial charge in [0.2, 0.25) is 0 Å². The molecule has 0 aromatic carbocycles. The van der Waals surface area contributed by atoms with Gasteiger partial charge in [-0.15, -0.1) is 0 Å². The zero-order valence-corrected chi connectivity index (χ0v) is 53.0. The molecule has 0 spiro atoms. The van der Waals surface area contributed by atoms with Crippen LogP contribution in [0.25, 0.3) is 0 Å². The van der Waals surface area contributed by atoms with Crippen molar-refractivity contribution in [3.8, 4) is 0 Å². The van der Waals surface area contributed by atoms with Crippen molar-refractivity contribution in [1.82, 2.24) is 0 Å². The Morgan fingerprint density at radius 2 is 0.817 bits per heavy atom. The van der Waals surface area contributed by atoms with Gasteiger partial charge < -0.3 is 44.3 Å². The summed E-state index contributed by atoms with van der Waals surface area (Å²) in [4.78, 5) is 17.3. The summed E-state index contributed by atoms with van der Waals surface area (Å²) in [7, 11) is -23.2. The lowest BCUT2D eigenvalue weighted by Crippen LogP contribution is -2.72. The van der Waals surface area contributed by atoms with Crippen LogP contribution >= 0.6 is 0 Å². The fourth-order valence-corrected chi connectivity index (χ4v) is 38.1. The average molecular weight is 1020 g/mol. The monoisotopic (exact) mass is 1010 g/mol. The Morgan fingerprint density at radius 1 is 0.500 bits per heavy atom. The minimum Gasteiger partial charge on any atom is -0.487 e. The molecule has 3 aliphatic rings. The van der Waals surface area contributed by atoms with Crippen LogP contribution in [0.15, 0.2) is 10.4 Å². The molecule has 3 saturated heterocycles. The minimum atomic E-state index is -3.51. The molecular weight excluding hydrogens is 925 g/mol. The van der Waals surface area contributed by atoms with Gasteiger partial charge in [0.05, 0.1) is 0 Å². The predicted molar refractivity (Wildman–Crippen MR) is 272 cm³/mol. The summed E-state index contributed by atoms with van der Waals surface area (Å²) in [5.74, 6) is -2.27. The largest absolute Gasteiger partial charge is 0.487 e. The van der Waals surface area contributed by atoms with Gasteiger partial charge in [0.15, 0.2) is 67.6 Å². The molecule has 21 heteroatoms. The lowest BCUT2D eigenvalue weighted by Gasteiger charge is -2.54. The van der Waals surface area contributed by atoms with Crippen LogP contribution in [-0.4, -0.2) is 129 Å². The number of carbonyl (C=O) groups excluding carboxylic acids is 1. The third-order valence-corrected chi connectivity index (χ3v) is 32.4. The summed E-state index contributed by atoms with van der Waals surface area (Å²) in [6.45, 7) is 43.8. The highest BCUT2D eigenvalue weighted by Gasteiger charge is 2.66. The Hall–Kier alpha value is 1.02. The average Bonchev–Trinajstić information content (AvgIpc) is 3.06. The van der Waals surface area contributed by atoms with Crippen LogP contribution in [0, 0.1) is 0 Å². The smallest absolute Gasteiger partial charge is 0.457 e. The topological polar surface area (TPSA) is 109 Å². The second-order valence-electron chi connectivity index (χ2n) is 23.4. The molecule has 352 valence electrons. The molecule has 0 amide bonds. The predicted octanol–water partition coefficient (Wildman–Crippen LogP) is 9.94. The molecule has 3 rings (SSSR count). The van der Waals surface area contributed by atoms with E-state index in [0.717, 1.165) is 67.4 Å². The highest BCUT2D eigenvalue weighted by Crippen LogP contribution is 2.50. The van der Waals surface area contributed by atoms with E-state index in [1.807, 2.05) is 0 Å². The zero-order chi connectivity index (χ0) is 45.8. The molecule has 11 nitrogen and oxygen atoms in total. The maximum atomic E-state index is 16.3. The summed E-state index contributed by atoms with van der Waals surface area (Å²) in [6.07, 6.45) is 6.35. The second kappa shape index (κ2) is 21.3. The molecule has 0 saturated carbocycles. The first kappa shape index (κ1) is 55.3. The Labute approximate surface area is 379 Å². The quantitative estimate of drug-likeness (QED) is 0.0623. The van der Waals surface area contributed by atoms with Crippen molar-refractivity contribution >= 4 is 91.3 Å². The van der Waals surface area contributed by atoms with Crippen molar-refractivity contribution in [3.63, 3.8) is 0 Å². The molecule has 4 atom stereocenters. The van der Waals surface area contributed by atoms with Crippen molar-refractivity contribution in [1.29, 1.82) is 0 Å². The first-order valence-corrected chi connectivity index (χ1v) is 51.2. The van der Waals surface area contributed by atoms with Gasteiger partial charge in [-0.3, -0.25) is 0 Å². The van der Waals surface area contributed by atoms with Gasteiger partial charge in [-0.1, -0.05) is 26.2 Å². The fraction of sp³-hybridized carbons (Fsp3) is 0.923. The van der Waals surface area contributed by atoms with Crippen LogP contribution in [0.4, 0.5) is 0 Å².